The van der Waals surface area contributed by atoms with Crippen molar-refractivity contribution >= 4 is 6.09 Å². The van der Waals surface area contributed by atoms with E-state index < -0.39 is 0 Å². The Morgan fingerprint density at radius 2 is 2.12 bits per heavy atom. The van der Waals surface area contributed by atoms with Gasteiger partial charge in [-0.3, -0.25) is 0 Å². The van der Waals surface area contributed by atoms with Gasteiger partial charge in [-0.2, -0.15) is 0 Å². The minimum Gasteiger partial charge on any atom is -0.442 e. The zero-order valence-electron chi connectivity index (χ0n) is 10.4. The summed E-state index contributed by atoms with van der Waals surface area (Å²) in [4.78, 5) is 13.6. The summed E-state index contributed by atoms with van der Waals surface area (Å²) >= 11 is 0. The first kappa shape index (κ1) is 12.6. The maximum atomic E-state index is 11.7. The van der Waals surface area contributed by atoms with Crippen molar-refractivity contribution in [2.24, 2.45) is 11.7 Å². The highest BCUT2D eigenvalue weighted by atomic mass is 16.6. The van der Waals surface area contributed by atoms with Gasteiger partial charge in [0.2, 0.25) is 0 Å². The topological polar surface area (TPSA) is 64.8 Å². The Kier molecular flexibility index (Phi) is 4.23. The second kappa shape index (κ2) is 5.69. The molecule has 1 atom stereocenters. The zero-order valence-corrected chi connectivity index (χ0v) is 10.4. The molecule has 0 bridgehead atoms. The van der Waals surface area contributed by atoms with E-state index >= 15 is 0 Å². The Hall–Kier alpha value is -0.810. The molecule has 0 spiro atoms. The zero-order chi connectivity index (χ0) is 12.3. The second-order valence-corrected chi connectivity index (χ2v) is 5.02. The Balaban J connectivity index is 1.84. The fourth-order valence-electron chi connectivity index (χ4n) is 2.80. The molecule has 5 heteroatoms. The van der Waals surface area contributed by atoms with Gasteiger partial charge < -0.3 is 20.1 Å². The molecule has 1 saturated heterocycles. The van der Waals surface area contributed by atoms with E-state index in [0.717, 1.165) is 32.2 Å². The van der Waals surface area contributed by atoms with Crippen molar-refractivity contribution in [3.63, 3.8) is 0 Å². The number of hydrogen-bond acceptors (Lipinski definition) is 4. The minimum atomic E-state index is -0.178. The third kappa shape index (κ3) is 2.90. The molecule has 0 aromatic carbocycles. The smallest absolute Gasteiger partial charge is 0.410 e. The summed E-state index contributed by atoms with van der Waals surface area (Å²) in [5.74, 6) is 0.639. The van der Waals surface area contributed by atoms with Crippen LogP contribution in [0.25, 0.3) is 0 Å². The van der Waals surface area contributed by atoms with Crippen LogP contribution in [0.2, 0.25) is 0 Å². The van der Waals surface area contributed by atoms with Gasteiger partial charge in [-0.15, -0.1) is 0 Å². The van der Waals surface area contributed by atoms with Crippen molar-refractivity contribution in [3.8, 4) is 0 Å². The molecule has 0 aromatic heterocycles. The van der Waals surface area contributed by atoms with Crippen LogP contribution in [-0.4, -0.2) is 49.9 Å². The number of carbonyl (C=O) groups excluding carboxylic acids is 1. The summed E-state index contributed by atoms with van der Waals surface area (Å²) in [6, 6.07) is 0.340. The van der Waals surface area contributed by atoms with Crippen molar-refractivity contribution in [2.45, 2.75) is 37.8 Å². The molecule has 1 heterocycles. The first-order valence-corrected chi connectivity index (χ1v) is 6.40. The molecule has 2 aliphatic rings. The van der Waals surface area contributed by atoms with E-state index in [1.165, 1.54) is 0 Å². The molecule has 0 aromatic rings. The summed E-state index contributed by atoms with van der Waals surface area (Å²) in [6.45, 7) is 1.93. The number of methoxy groups -OCH3 is 1. The Morgan fingerprint density at radius 3 is 2.71 bits per heavy atom. The molecule has 1 aliphatic heterocycles. The summed E-state index contributed by atoms with van der Waals surface area (Å²) in [5, 5.41) is 0. The number of cyclic esters (lactones) is 1. The van der Waals surface area contributed by atoms with Gasteiger partial charge in [0.15, 0.2) is 0 Å². The van der Waals surface area contributed by atoms with Crippen LogP contribution in [0.5, 0.6) is 0 Å². The van der Waals surface area contributed by atoms with E-state index in [1.807, 2.05) is 4.90 Å². The van der Waals surface area contributed by atoms with E-state index in [0.29, 0.717) is 25.1 Å². The lowest BCUT2D eigenvalue weighted by molar-refractivity contribution is 0.0712. The molecule has 98 valence electrons. The molecular weight excluding hydrogens is 220 g/mol. The molecule has 1 saturated carbocycles. The molecule has 0 radical (unpaired) electrons. The quantitative estimate of drug-likeness (QED) is 0.798. The van der Waals surface area contributed by atoms with Crippen LogP contribution in [0.15, 0.2) is 0 Å². The number of carbonyl (C=O) groups is 1. The van der Waals surface area contributed by atoms with E-state index in [9.17, 15) is 4.79 Å². The summed E-state index contributed by atoms with van der Waals surface area (Å²) in [6.07, 6.45) is 4.08. The van der Waals surface area contributed by atoms with Gasteiger partial charge in [-0.1, -0.05) is 0 Å². The summed E-state index contributed by atoms with van der Waals surface area (Å²) in [5.41, 5.74) is 5.67. The minimum absolute atomic E-state index is 0.0975. The molecule has 2 fully saturated rings. The number of nitrogens with zero attached hydrogens (tertiary/aromatic N) is 1. The van der Waals surface area contributed by atoms with Gasteiger partial charge in [0.05, 0.1) is 13.2 Å². The number of hydrogen-bond donors (Lipinski definition) is 1. The van der Waals surface area contributed by atoms with E-state index in [2.05, 4.69) is 0 Å². The molecule has 2 N–H and O–H groups in total. The van der Waals surface area contributed by atoms with Gasteiger partial charge in [-0.25, -0.2) is 4.79 Å². The Morgan fingerprint density at radius 1 is 1.41 bits per heavy atom. The number of ether oxygens (including phenoxy) is 2. The Bertz CT molecular complexity index is 264. The third-order valence-electron chi connectivity index (χ3n) is 3.85. The number of amides is 1. The van der Waals surface area contributed by atoms with Crippen molar-refractivity contribution < 1.29 is 14.3 Å². The number of rotatable bonds is 4. The van der Waals surface area contributed by atoms with Crippen molar-refractivity contribution in [3.05, 3.63) is 0 Å². The first-order valence-electron chi connectivity index (χ1n) is 6.40. The standard InChI is InChI=1S/C12H22N2O3/c1-16-8-11-7-14(12(15)17-11)10-4-2-9(6-13)3-5-10/h9-11H,2-8,13H2,1H3/t9-,10-,11?. The molecule has 17 heavy (non-hydrogen) atoms. The average Bonchev–Trinajstić information content (AvgIpc) is 2.71. The average molecular weight is 242 g/mol. The predicted molar refractivity (Wildman–Crippen MR) is 63.7 cm³/mol. The van der Waals surface area contributed by atoms with Gasteiger partial charge in [0.1, 0.15) is 6.10 Å². The first-order chi connectivity index (χ1) is 8.24. The van der Waals surface area contributed by atoms with Crippen LogP contribution in [0, 0.1) is 5.92 Å². The van der Waals surface area contributed by atoms with Crippen LogP contribution in [0.3, 0.4) is 0 Å². The van der Waals surface area contributed by atoms with Crippen LogP contribution in [0.4, 0.5) is 4.79 Å². The highest BCUT2D eigenvalue weighted by molar-refractivity contribution is 5.70. The van der Waals surface area contributed by atoms with Crippen LogP contribution in [0.1, 0.15) is 25.7 Å². The lowest BCUT2D eigenvalue weighted by Crippen LogP contribution is -2.40. The molecule has 2 rings (SSSR count). The lowest BCUT2D eigenvalue weighted by atomic mass is 9.85. The fraction of sp³-hybridized carbons (Fsp3) is 0.917. The maximum absolute atomic E-state index is 11.7. The predicted octanol–water partition coefficient (Wildman–Crippen LogP) is 0.971. The molecule has 1 aliphatic carbocycles. The summed E-state index contributed by atoms with van der Waals surface area (Å²) in [7, 11) is 1.63. The van der Waals surface area contributed by atoms with Crippen molar-refractivity contribution in [2.75, 3.05) is 26.8 Å². The largest absolute Gasteiger partial charge is 0.442 e. The van der Waals surface area contributed by atoms with Crippen LogP contribution in [-0.2, 0) is 9.47 Å². The van der Waals surface area contributed by atoms with Crippen LogP contribution >= 0.6 is 0 Å². The monoisotopic (exact) mass is 242 g/mol. The van der Waals surface area contributed by atoms with Gasteiger partial charge in [-0.05, 0) is 38.1 Å². The van der Waals surface area contributed by atoms with E-state index in [1.54, 1.807) is 7.11 Å². The number of nitrogens with two attached hydrogens (primary N) is 1. The molecule has 5 nitrogen and oxygen atoms in total. The van der Waals surface area contributed by atoms with Gasteiger partial charge in [0.25, 0.3) is 0 Å². The Labute approximate surface area is 102 Å². The second-order valence-electron chi connectivity index (χ2n) is 5.02. The molecule has 1 amide bonds. The highest BCUT2D eigenvalue weighted by Gasteiger charge is 2.37. The normalized spacial score (nSPS) is 33.9. The SMILES string of the molecule is COCC1CN([C@H]2CC[C@H](CN)CC2)C(=O)O1. The van der Waals surface area contributed by atoms with Gasteiger partial charge in [0, 0.05) is 13.2 Å². The van der Waals surface area contributed by atoms with E-state index in [-0.39, 0.29) is 12.2 Å². The highest BCUT2D eigenvalue weighted by Crippen LogP contribution is 2.29. The van der Waals surface area contributed by atoms with Crippen LogP contribution < -0.4 is 5.73 Å². The fourth-order valence-corrected chi connectivity index (χ4v) is 2.80. The van der Waals surface area contributed by atoms with Crippen molar-refractivity contribution in [1.82, 2.24) is 4.90 Å². The van der Waals surface area contributed by atoms with Gasteiger partial charge >= 0.3 is 6.09 Å². The lowest BCUT2D eigenvalue weighted by Gasteiger charge is -2.32. The molecular formula is C12H22N2O3. The third-order valence-corrected chi connectivity index (χ3v) is 3.85. The maximum Gasteiger partial charge on any atom is 0.410 e. The molecule has 1 unspecified atom stereocenters. The van der Waals surface area contributed by atoms with Crippen molar-refractivity contribution in [1.29, 1.82) is 0 Å². The summed E-state index contributed by atoms with van der Waals surface area (Å²) < 4.78 is 10.3. The van der Waals surface area contributed by atoms with E-state index in [4.69, 9.17) is 15.2 Å².